The molecule has 1 rings (SSSR count). The highest BCUT2D eigenvalue weighted by atomic mass is 32.1. The second-order valence-electron chi connectivity index (χ2n) is 3.02. The second kappa shape index (κ2) is 4.34. The van der Waals surface area contributed by atoms with E-state index in [1.54, 1.807) is 25.4 Å². The van der Waals surface area contributed by atoms with Crippen LogP contribution < -0.4 is 5.32 Å². The molecule has 0 aliphatic carbocycles. The third-order valence-corrected chi connectivity index (χ3v) is 2.25. The predicted octanol–water partition coefficient (Wildman–Crippen LogP) is 1.10. The Labute approximate surface area is 80.6 Å². The minimum Gasteiger partial charge on any atom is -0.383 e. The first-order chi connectivity index (χ1) is 6.11. The van der Waals surface area contributed by atoms with Gasteiger partial charge in [-0.25, -0.2) is 4.98 Å². The highest BCUT2D eigenvalue weighted by Gasteiger charge is 2.19. The molecule has 1 aromatic heterocycles. The van der Waals surface area contributed by atoms with Crippen LogP contribution in [0.1, 0.15) is 13.8 Å². The summed E-state index contributed by atoms with van der Waals surface area (Å²) in [6, 6.07) is 0. The number of nitrogens with one attached hydrogen (secondary N) is 1. The SMILES string of the molecule is CC(C)[C@H](O)C(=O)Nc1nccs1. The summed E-state index contributed by atoms with van der Waals surface area (Å²) in [5.41, 5.74) is 0. The summed E-state index contributed by atoms with van der Waals surface area (Å²) < 4.78 is 0. The number of carbonyl (C=O) groups excluding carboxylic acids is 1. The molecule has 1 aromatic rings. The summed E-state index contributed by atoms with van der Waals surface area (Å²) in [6.07, 6.45) is 0.631. The summed E-state index contributed by atoms with van der Waals surface area (Å²) in [5, 5.41) is 14.2. The number of aliphatic hydroxyl groups excluding tert-OH is 1. The van der Waals surface area contributed by atoms with Gasteiger partial charge >= 0.3 is 0 Å². The molecule has 0 fully saturated rings. The monoisotopic (exact) mass is 200 g/mol. The standard InChI is InChI=1S/C8H12N2O2S/c1-5(2)6(11)7(12)10-8-9-3-4-13-8/h3-6,11H,1-2H3,(H,9,10,12)/t6-/m0/s1. The van der Waals surface area contributed by atoms with Crippen molar-refractivity contribution in [3.8, 4) is 0 Å². The van der Waals surface area contributed by atoms with Crippen molar-refractivity contribution in [1.29, 1.82) is 0 Å². The average Bonchev–Trinajstić information content (AvgIpc) is 2.55. The van der Waals surface area contributed by atoms with Crippen LogP contribution in [-0.4, -0.2) is 22.1 Å². The van der Waals surface area contributed by atoms with E-state index in [4.69, 9.17) is 0 Å². The van der Waals surface area contributed by atoms with Gasteiger partial charge in [0.2, 0.25) is 0 Å². The van der Waals surface area contributed by atoms with Crippen LogP contribution in [0, 0.1) is 5.92 Å². The van der Waals surface area contributed by atoms with Crippen LogP contribution in [0.4, 0.5) is 5.13 Å². The molecular weight excluding hydrogens is 188 g/mol. The number of carbonyl (C=O) groups is 1. The van der Waals surface area contributed by atoms with Gasteiger partial charge in [-0.3, -0.25) is 10.1 Å². The molecule has 0 saturated carbocycles. The summed E-state index contributed by atoms with van der Waals surface area (Å²) in [7, 11) is 0. The normalized spacial score (nSPS) is 12.9. The quantitative estimate of drug-likeness (QED) is 0.768. The molecule has 0 radical (unpaired) electrons. The first kappa shape index (κ1) is 10.1. The van der Waals surface area contributed by atoms with Crippen molar-refractivity contribution < 1.29 is 9.90 Å². The van der Waals surface area contributed by atoms with Crippen LogP contribution in [0.2, 0.25) is 0 Å². The van der Waals surface area contributed by atoms with Crippen LogP contribution in [0.3, 0.4) is 0 Å². The molecule has 1 amide bonds. The molecule has 5 heteroatoms. The zero-order valence-corrected chi connectivity index (χ0v) is 8.34. The number of rotatable bonds is 3. The third-order valence-electron chi connectivity index (χ3n) is 1.56. The Morgan fingerprint density at radius 1 is 1.69 bits per heavy atom. The Morgan fingerprint density at radius 2 is 2.38 bits per heavy atom. The minimum absolute atomic E-state index is 0.0834. The Hall–Kier alpha value is -0.940. The lowest BCUT2D eigenvalue weighted by Gasteiger charge is -2.12. The maximum absolute atomic E-state index is 11.3. The molecular formula is C8H12N2O2S. The summed E-state index contributed by atoms with van der Waals surface area (Å²) in [6.45, 7) is 3.57. The third kappa shape index (κ3) is 2.78. The van der Waals surface area contributed by atoms with Gasteiger partial charge in [0.05, 0.1) is 0 Å². The molecule has 0 spiro atoms. The lowest BCUT2D eigenvalue weighted by atomic mass is 10.1. The number of thiazole rings is 1. The van der Waals surface area contributed by atoms with Crippen molar-refractivity contribution in [3.63, 3.8) is 0 Å². The zero-order valence-electron chi connectivity index (χ0n) is 7.52. The largest absolute Gasteiger partial charge is 0.383 e. The Bertz CT molecular complexity index is 272. The van der Waals surface area contributed by atoms with Gasteiger partial charge in [0.25, 0.3) is 5.91 Å². The minimum atomic E-state index is -0.969. The molecule has 0 aromatic carbocycles. The number of aromatic nitrogens is 1. The average molecular weight is 200 g/mol. The van der Waals surface area contributed by atoms with E-state index in [0.29, 0.717) is 5.13 Å². The summed E-state index contributed by atoms with van der Waals surface area (Å²) in [5.74, 6) is -0.482. The van der Waals surface area contributed by atoms with Gasteiger partial charge in [0.1, 0.15) is 6.10 Å². The van der Waals surface area contributed by atoms with E-state index < -0.39 is 12.0 Å². The number of nitrogens with zero attached hydrogens (tertiary/aromatic N) is 1. The molecule has 0 aliphatic rings. The first-order valence-electron chi connectivity index (χ1n) is 3.99. The Balaban J connectivity index is 2.51. The van der Waals surface area contributed by atoms with Gasteiger partial charge in [0.15, 0.2) is 5.13 Å². The topological polar surface area (TPSA) is 62.2 Å². The molecule has 2 N–H and O–H groups in total. The fraction of sp³-hybridized carbons (Fsp3) is 0.500. The van der Waals surface area contributed by atoms with Crippen molar-refractivity contribution in [1.82, 2.24) is 4.98 Å². The van der Waals surface area contributed by atoms with Crippen LogP contribution in [0.5, 0.6) is 0 Å². The maximum atomic E-state index is 11.3. The van der Waals surface area contributed by atoms with Gasteiger partial charge in [-0.2, -0.15) is 0 Å². The smallest absolute Gasteiger partial charge is 0.255 e. The first-order valence-corrected chi connectivity index (χ1v) is 4.87. The molecule has 1 atom stereocenters. The van der Waals surface area contributed by atoms with Crippen LogP contribution >= 0.6 is 11.3 Å². The van der Waals surface area contributed by atoms with E-state index >= 15 is 0 Å². The highest BCUT2D eigenvalue weighted by molar-refractivity contribution is 7.13. The highest BCUT2D eigenvalue weighted by Crippen LogP contribution is 2.12. The molecule has 4 nitrogen and oxygen atoms in total. The van der Waals surface area contributed by atoms with Gasteiger partial charge < -0.3 is 5.11 Å². The van der Waals surface area contributed by atoms with Gasteiger partial charge in [-0.05, 0) is 5.92 Å². The molecule has 0 saturated heterocycles. The van der Waals surface area contributed by atoms with E-state index in [-0.39, 0.29) is 5.92 Å². The molecule has 0 bridgehead atoms. The lowest BCUT2D eigenvalue weighted by Crippen LogP contribution is -2.31. The fourth-order valence-electron chi connectivity index (χ4n) is 0.767. The van der Waals surface area contributed by atoms with E-state index in [1.165, 1.54) is 11.3 Å². The number of anilines is 1. The van der Waals surface area contributed by atoms with Crippen molar-refractivity contribution >= 4 is 22.4 Å². The summed E-state index contributed by atoms with van der Waals surface area (Å²) in [4.78, 5) is 15.1. The van der Waals surface area contributed by atoms with Crippen LogP contribution in [0.15, 0.2) is 11.6 Å². The number of hydrogen-bond acceptors (Lipinski definition) is 4. The zero-order chi connectivity index (χ0) is 9.84. The fourth-order valence-corrected chi connectivity index (χ4v) is 1.30. The van der Waals surface area contributed by atoms with E-state index in [0.717, 1.165) is 0 Å². The number of aliphatic hydroxyl groups is 1. The van der Waals surface area contributed by atoms with Gasteiger partial charge in [-0.1, -0.05) is 13.8 Å². The van der Waals surface area contributed by atoms with E-state index in [1.807, 2.05) is 0 Å². The van der Waals surface area contributed by atoms with E-state index in [2.05, 4.69) is 10.3 Å². The van der Waals surface area contributed by atoms with Crippen LogP contribution in [-0.2, 0) is 4.79 Å². The van der Waals surface area contributed by atoms with Crippen LogP contribution in [0.25, 0.3) is 0 Å². The van der Waals surface area contributed by atoms with Gasteiger partial charge in [-0.15, -0.1) is 11.3 Å². The summed E-state index contributed by atoms with van der Waals surface area (Å²) >= 11 is 1.33. The number of hydrogen-bond donors (Lipinski definition) is 2. The van der Waals surface area contributed by atoms with Crippen molar-refractivity contribution in [2.24, 2.45) is 5.92 Å². The second-order valence-corrected chi connectivity index (χ2v) is 3.91. The maximum Gasteiger partial charge on any atom is 0.255 e. The molecule has 1 heterocycles. The van der Waals surface area contributed by atoms with E-state index in [9.17, 15) is 9.90 Å². The lowest BCUT2D eigenvalue weighted by molar-refractivity contribution is -0.125. The van der Waals surface area contributed by atoms with Gasteiger partial charge in [0, 0.05) is 11.6 Å². The Kier molecular flexibility index (Phi) is 3.39. The van der Waals surface area contributed by atoms with Crippen molar-refractivity contribution in [2.75, 3.05) is 5.32 Å². The number of amides is 1. The molecule has 13 heavy (non-hydrogen) atoms. The Morgan fingerprint density at radius 3 is 2.85 bits per heavy atom. The molecule has 0 unspecified atom stereocenters. The molecule has 72 valence electrons. The molecule has 0 aliphatic heterocycles. The van der Waals surface area contributed by atoms with Crippen molar-refractivity contribution in [2.45, 2.75) is 20.0 Å². The van der Waals surface area contributed by atoms with Crippen molar-refractivity contribution in [3.05, 3.63) is 11.6 Å². The predicted molar refractivity (Wildman–Crippen MR) is 51.6 cm³/mol.